The molecule has 0 atom stereocenters. The first kappa shape index (κ1) is 13.3. The number of hydrogen-bond acceptors (Lipinski definition) is 4. The van der Waals surface area contributed by atoms with Crippen LogP contribution in [-0.4, -0.2) is 25.8 Å². The van der Waals surface area contributed by atoms with Crippen LogP contribution in [0.4, 0.5) is 0 Å². The Balaban J connectivity index is 2.30. The van der Waals surface area contributed by atoms with Gasteiger partial charge in [0.25, 0.3) is 0 Å². The molecule has 1 aromatic rings. The van der Waals surface area contributed by atoms with Crippen LogP contribution in [0.1, 0.15) is 6.92 Å². The van der Waals surface area contributed by atoms with Gasteiger partial charge in [-0.15, -0.1) is 0 Å². The fourth-order valence-corrected chi connectivity index (χ4v) is 1.09. The summed E-state index contributed by atoms with van der Waals surface area (Å²) in [5, 5.41) is 0. The van der Waals surface area contributed by atoms with Gasteiger partial charge in [0.15, 0.2) is 0 Å². The number of carbonyl (C=O) groups excluding carboxylic acids is 1. The van der Waals surface area contributed by atoms with E-state index in [1.807, 2.05) is 25.1 Å². The predicted octanol–water partition coefficient (Wildman–Crippen LogP) is 2.16. The molecule has 0 unspecified atom stereocenters. The molecule has 0 bridgehead atoms. The summed E-state index contributed by atoms with van der Waals surface area (Å²) in [6.07, 6.45) is 0. The summed E-state index contributed by atoms with van der Waals surface area (Å²) in [5.74, 6) is -0.0551. The smallest absolute Gasteiger partial charge is 0.373 e. The van der Waals surface area contributed by atoms with E-state index in [0.29, 0.717) is 19.0 Å². The van der Waals surface area contributed by atoms with E-state index in [-0.39, 0.29) is 12.4 Å². The minimum Gasteiger partial charge on any atom is -0.457 e. The van der Waals surface area contributed by atoms with Crippen LogP contribution in [-0.2, 0) is 14.3 Å². The number of hydrogen-bond donors (Lipinski definition) is 0. The molecule has 0 aromatic heterocycles. The van der Waals surface area contributed by atoms with Gasteiger partial charge in [0.05, 0.1) is 6.61 Å². The molecule has 0 radical (unpaired) electrons. The van der Waals surface area contributed by atoms with Crippen LogP contribution in [0.3, 0.4) is 0 Å². The molecular weight excluding hydrogens is 220 g/mol. The molecule has 0 fully saturated rings. The van der Waals surface area contributed by atoms with E-state index < -0.39 is 5.97 Å². The summed E-state index contributed by atoms with van der Waals surface area (Å²) in [6, 6.07) is 8.94. The molecule has 0 aliphatic heterocycles. The number of rotatable bonds is 7. The van der Waals surface area contributed by atoms with Crippen molar-refractivity contribution in [3.63, 3.8) is 0 Å². The Morgan fingerprint density at radius 3 is 2.59 bits per heavy atom. The number of carbonyl (C=O) groups is 1. The molecule has 0 aliphatic rings. The zero-order valence-corrected chi connectivity index (χ0v) is 9.85. The van der Waals surface area contributed by atoms with Gasteiger partial charge in [-0.25, -0.2) is 4.79 Å². The van der Waals surface area contributed by atoms with Crippen LogP contribution in [0.25, 0.3) is 0 Å². The van der Waals surface area contributed by atoms with E-state index in [4.69, 9.17) is 14.2 Å². The van der Waals surface area contributed by atoms with Gasteiger partial charge in [0.1, 0.15) is 12.4 Å². The lowest BCUT2D eigenvalue weighted by molar-refractivity contribution is -0.142. The second-order valence-electron chi connectivity index (χ2n) is 3.17. The van der Waals surface area contributed by atoms with Crippen molar-refractivity contribution in [2.45, 2.75) is 6.92 Å². The van der Waals surface area contributed by atoms with E-state index >= 15 is 0 Å². The zero-order chi connectivity index (χ0) is 12.5. The Morgan fingerprint density at radius 2 is 1.94 bits per heavy atom. The Bertz CT molecular complexity index is 359. The quantitative estimate of drug-likeness (QED) is 0.315. The lowest BCUT2D eigenvalue weighted by Crippen LogP contribution is -2.15. The van der Waals surface area contributed by atoms with Crippen molar-refractivity contribution in [2.75, 3.05) is 19.8 Å². The average molecular weight is 236 g/mol. The van der Waals surface area contributed by atoms with E-state index in [2.05, 4.69) is 6.58 Å². The Hall–Kier alpha value is -1.81. The minimum atomic E-state index is -0.575. The Morgan fingerprint density at radius 1 is 1.24 bits per heavy atom. The van der Waals surface area contributed by atoms with Crippen molar-refractivity contribution in [2.24, 2.45) is 0 Å². The maximum Gasteiger partial charge on any atom is 0.373 e. The summed E-state index contributed by atoms with van der Waals surface area (Å²) < 4.78 is 15.1. The zero-order valence-electron chi connectivity index (χ0n) is 9.85. The highest BCUT2D eigenvalue weighted by molar-refractivity contribution is 5.86. The van der Waals surface area contributed by atoms with Gasteiger partial charge in [-0.3, -0.25) is 0 Å². The molecular formula is C13H16O4. The van der Waals surface area contributed by atoms with E-state index in [9.17, 15) is 4.79 Å². The monoisotopic (exact) mass is 236 g/mol. The maximum atomic E-state index is 11.4. The third kappa shape index (κ3) is 5.17. The van der Waals surface area contributed by atoms with Gasteiger partial charge in [-0.1, -0.05) is 18.2 Å². The molecule has 0 heterocycles. The molecule has 0 aliphatic carbocycles. The predicted molar refractivity (Wildman–Crippen MR) is 63.7 cm³/mol. The number of esters is 1. The van der Waals surface area contributed by atoms with Gasteiger partial charge in [0, 0.05) is 6.61 Å². The molecule has 0 amide bonds. The van der Waals surface area contributed by atoms with Gasteiger partial charge in [0.2, 0.25) is 5.76 Å². The first-order chi connectivity index (χ1) is 8.24. The van der Waals surface area contributed by atoms with Crippen LogP contribution in [0.15, 0.2) is 42.7 Å². The highest BCUT2D eigenvalue weighted by atomic mass is 16.6. The summed E-state index contributed by atoms with van der Waals surface area (Å²) in [6.45, 7) is 6.56. The molecule has 0 saturated heterocycles. The highest BCUT2D eigenvalue weighted by Gasteiger charge is 2.10. The maximum absolute atomic E-state index is 11.4. The Labute approximate surface area is 101 Å². The molecule has 0 N–H and O–H groups in total. The van der Waals surface area contributed by atoms with Crippen LogP contribution < -0.4 is 4.74 Å². The van der Waals surface area contributed by atoms with E-state index in [0.717, 1.165) is 0 Å². The Kier molecular flexibility index (Phi) is 5.82. The minimum absolute atomic E-state index is 0.0345. The van der Waals surface area contributed by atoms with Gasteiger partial charge in [-0.05, 0) is 25.6 Å². The lowest BCUT2D eigenvalue weighted by atomic mass is 10.3. The fourth-order valence-electron chi connectivity index (χ4n) is 1.09. The number of para-hydroxylation sites is 1. The molecule has 0 spiro atoms. The highest BCUT2D eigenvalue weighted by Crippen LogP contribution is 2.12. The molecule has 17 heavy (non-hydrogen) atoms. The third-order valence-electron chi connectivity index (χ3n) is 1.88. The number of benzene rings is 1. The summed E-state index contributed by atoms with van der Waals surface area (Å²) in [7, 11) is 0. The van der Waals surface area contributed by atoms with Gasteiger partial charge in [-0.2, -0.15) is 0 Å². The van der Waals surface area contributed by atoms with Crippen molar-refractivity contribution < 1.29 is 19.0 Å². The second kappa shape index (κ2) is 7.46. The van der Waals surface area contributed by atoms with Crippen molar-refractivity contribution in [3.8, 4) is 5.75 Å². The first-order valence-electron chi connectivity index (χ1n) is 5.40. The largest absolute Gasteiger partial charge is 0.457 e. The van der Waals surface area contributed by atoms with Gasteiger partial charge >= 0.3 is 5.97 Å². The average Bonchev–Trinajstić information content (AvgIpc) is 2.35. The standard InChI is InChI=1S/C13H16O4/c1-3-15-9-10-16-13(14)11(2)17-12-7-5-4-6-8-12/h4-8H,2-3,9-10H2,1H3. The summed E-state index contributed by atoms with van der Waals surface area (Å²) in [4.78, 5) is 11.4. The van der Waals surface area contributed by atoms with Crippen LogP contribution >= 0.6 is 0 Å². The van der Waals surface area contributed by atoms with Crippen molar-refractivity contribution >= 4 is 5.97 Å². The van der Waals surface area contributed by atoms with E-state index in [1.165, 1.54) is 0 Å². The SMILES string of the molecule is C=C(Oc1ccccc1)C(=O)OCCOCC. The summed E-state index contributed by atoms with van der Waals surface area (Å²) in [5.41, 5.74) is 0. The van der Waals surface area contributed by atoms with Crippen molar-refractivity contribution in [1.82, 2.24) is 0 Å². The van der Waals surface area contributed by atoms with Crippen molar-refractivity contribution in [3.05, 3.63) is 42.7 Å². The fraction of sp³-hybridized carbons (Fsp3) is 0.308. The van der Waals surface area contributed by atoms with E-state index in [1.54, 1.807) is 12.1 Å². The summed E-state index contributed by atoms with van der Waals surface area (Å²) >= 11 is 0. The molecule has 1 rings (SSSR count). The van der Waals surface area contributed by atoms with Crippen molar-refractivity contribution in [1.29, 1.82) is 0 Å². The molecule has 1 aromatic carbocycles. The van der Waals surface area contributed by atoms with Crippen LogP contribution in [0, 0.1) is 0 Å². The molecule has 4 nitrogen and oxygen atoms in total. The van der Waals surface area contributed by atoms with Crippen LogP contribution in [0.2, 0.25) is 0 Å². The van der Waals surface area contributed by atoms with Gasteiger partial charge < -0.3 is 14.2 Å². The lowest BCUT2D eigenvalue weighted by Gasteiger charge is -2.08. The third-order valence-corrected chi connectivity index (χ3v) is 1.88. The second-order valence-corrected chi connectivity index (χ2v) is 3.17. The first-order valence-corrected chi connectivity index (χ1v) is 5.40. The molecule has 92 valence electrons. The topological polar surface area (TPSA) is 44.8 Å². The van der Waals surface area contributed by atoms with Crippen LogP contribution in [0.5, 0.6) is 5.75 Å². The normalized spacial score (nSPS) is 9.71. The molecule has 0 saturated carbocycles. The molecule has 4 heteroatoms. The number of ether oxygens (including phenoxy) is 3.